The number of rotatable bonds is 3. The number of nitrogens with zero attached hydrogens (tertiary/aromatic N) is 3. The summed E-state index contributed by atoms with van der Waals surface area (Å²) >= 11 is 1.46. The van der Waals surface area contributed by atoms with Crippen molar-refractivity contribution in [3.63, 3.8) is 0 Å². The highest BCUT2D eigenvalue weighted by atomic mass is 32.1. The molecule has 0 radical (unpaired) electrons. The minimum Gasteiger partial charge on any atom is -0.338 e. The first-order chi connectivity index (χ1) is 13.9. The fourth-order valence-corrected chi connectivity index (χ4v) is 4.44. The molecule has 3 aromatic rings. The van der Waals surface area contributed by atoms with Crippen LogP contribution in [0, 0.1) is 0 Å². The summed E-state index contributed by atoms with van der Waals surface area (Å²) in [5.41, 5.74) is 1.29. The molecule has 150 valence electrons. The van der Waals surface area contributed by atoms with E-state index in [-0.39, 0.29) is 11.9 Å². The van der Waals surface area contributed by atoms with Crippen LogP contribution in [-0.4, -0.2) is 52.9 Å². The maximum atomic E-state index is 13.1. The largest absolute Gasteiger partial charge is 0.338 e. The van der Waals surface area contributed by atoms with Gasteiger partial charge in [0, 0.05) is 26.2 Å². The van der Waals surface area contributed by atoms with Crippen molar-refractivity contribution in [2.45, 2.75) is 19.3 Å². The van der Waals surface area contributed by atoms with E-state index in [1.165, 1.54) is 11.3 Å². The average Bonchev–Trinajstić information content (AvgIpc) is 3.16. The lowest BCUT2D eigenvalue weighted by Gasteiger charge is -2.38. The van der Waals surface area contributed by atoms with Crippen LogP contribution in [0.3, 0.4) is 0 Å². The number of anilines is 1. The summed E-state index contributed by atoms with van der Waals surface area (Å²) in [6, 6.07) is 17.5. The Morgan fingerprint density at radius 2 is 1.55 bits per heavy atom. The second kappa shape index (κ2) is 7.83. The number of aromatic nitrogens is 1. The van der Waals surface area contributed by atoms with Crippen LogP contribution in [0.1, 0.15) is 19.4 Å². The highest BCUT2D eigenvalue weighted by molar-refractivity contribution is 7.22. The fraction of sp³-hybridized carbons (Fsp3) is 0.318. The van der Waals surface area contributed by atoms with Crippen molar-refractivity contribution in [1.29, 1.82) is 0 Å². The summed E-state index contributed by atoms with van der Waals surface area (Å²) in [6.07, 6.45) is 0. The van der Waals surface area contributed by atoms with Crippen LogP contribution >= 0.6 is 11.3 Å². The van der Waals surface area contributed by atoms with Gasteiger partial charge in [-0.25, -0.2) is 9.78 Å². The molecule has 4 rings (SSSR count). The van der Waals surface area contributed by atoms with Crippen LogP contribution in [0.5, 0.6) is 0 Å². The van der Waals surface area contributed by atoms with E-state index in [4.69, 9.17) is 0 Å². The van der Waals surface area contributed by atoms with Gasteiger partial charge in [0.15, 0.2) is 5.13 Å². The second-order valence-electron chi connectivity index (χ2n) is 7.69. The van der Waals surface area contributed by atoms with E-state index in [0.29, 0.717) is 31.3 Å². The Labute approximate surface area is 174 Å². The summed E-state index contributed by atoms with van der Waals surface area (Å²) in [5, 5.41) is 3.49. The molecular weight excluding hydrogens is 384 g/mol. The van der Waals surface area contributed by atoms with Crippen LogP contribution in [0.15, 0.2) is 54.6 Å². The Hall–Kier alpha value is -2.93. The van der Waals surface area contributed by atoms with Gasteiger partial charge in [-0.1, -0.05) is 53.8 Å². The number of hydrogen-bond donors (Lipinski definition) is 1. The van der Waals surface area contributed by atoms with E-state index >= 15 is 0 Å². The van der Waals surface area contributed by atoms with Crippen molar-refractivity contribution >= 4 is 38.6 Å². The van der Waals surface area contributed by atoms with Crippen molar-refractivity contribution in [2.24, 2.45) is 0 Å². The molecule has 0 aliphatic carbocycles. The quantitative estimate of drug-likeness (QED) is 0.714. The van der Waals surface area contributed by atoms with Crippen LogP contribution in [-0.2, 0) is 10.2 Å². The number of fused-ring (bicyclic) bond motifs is 1. The Morgan fingerprint density at radius 1 is 0.931 bits per heavy atom. The van der Waals surface area contributed by atoms with Crippen molar-refractivity contribution in [2.75, 3.05) is 31.5 Å². The average molecular weight is 409 g/mol. The van der Waals surface area contributed by atoms with Gasteiger partial charge in [0.2, 0.25) is 5.91 Å². The molecule has 0 bridgehead atoms. The summed E-state index contributed by atoms with van der Waals surface area (Å²) in [7, 11) is 0. The zero-order chi connectivity index (χ0) is 20.4. The Kier molecular flexibility index (Phi) is 5.24. The molecule has 1 saturated heterocycles. The number of carbonyl (C=O) groups excluding carboxylic acids is 2. The predicted molar refractivity (Wildman–Crippen MR) is 116 cm³/mol. The molecule has 2 aromatic carbocycles. The number of nitrogens with one attached hydrogen (secondary N) is 1. The zero-order valence-electron chi connectivity index (χ0n) is 16.6. The Bertz CT molecular complexity index is 990. The van der Waals surface area contributed by atoms with Crippen LogP contribution < -0.4 is 5.32 Å². The van der Waals surface area contributed by atoms with Crippen molar-refractivity contribution in [3.05, 3.63) is 60.2 Å². The van der Waals surface area contributed by atoms with Gasteiger partial charge < -0.3 is 9.80 Å². The number of urea groups is 1. The maximum absolute atomic E-state index is 13.1. The van der Waals surface area contributed by atoms with E-state index in [0.717, 1.165) is 15.8 Å². The number of thiazole rings is 1. The van der Waals surface area contributed by atoms with Gasteiger partial charge in [0.25, 0.3) is 0 Å². The molecule has 0 unspecified atom stereocenters. The van der Waals surface area contributed by atoms with Gasteiger partial charge in [-0.2, -0.15) is 0 Å². The molecule has 0 saturated carbocycles. The SMILES string of the molecule is CC(C)(C(=O)N1CCN(C(=O)Nc2nc3ccccc3s2)CC1)c1ccccc1. The molecule has 29 heavy (non-hydrogen) atoms. The van der Waals surface area contributed by atoms with Crippen LogP contribution in [0.4, 0.5) is 9.93 Å². The van der Waals surface area contributed by atoms with E-state index in [1.54, 1.807) is 4.90 Å². The molecule has 1 aliphatic rings. The number of carbonyl (C=O) groups is 2. The number of piperazine rings is 1. The number of para-hydroxylation sites is 1. The van der Waals surface area contributed by atoms with E-state index in [2.05, 4.69) is 10.3 Å². The lowest BCUT2D eigenvalue weighted by atomic mass is 9.83. The second-order valence-corrected chi connectivity index (χ2v) is 8.72. The predicted octanol–water partition coefficient (Wildman–Crippen LogP) is 3.95. The normalized spacial score (nSPS) is 14.8. The minimum absolute atomic E-state index is 0.0925. The molecule has 0 spiro atoms. The third-order valence-electron chi connectivity index (χ3n) is 5.39. The van der Waals surface area contributed by atoms with Gasteiger partial charge in [-0.15, -0.1) is 0 Å². The first-order valence-corrected chi connectivity index (χ1v) is 10.5. The third-order valence-corrected chi connectivity index (χ3v) is 6.34. The lowest BCUT2D eigenvalue weighted by Crippen LogP contribution is -2.55. The molecule has 3 amide bonds. The fourth-order valence-electron chi connectivity index (χ4n) is 3.58. The standard InChI is InChI=1S/C22H24N4O2S/c1-22(2,16-8-4-3-5-9-16)19(27)25-12-14-26(15-13-25)21(28)24-20-23-17-10-6-7-11-18(17)29-20/h3-11H,12-15H2,1-2H3,(H,23,24,28). The highest BCUT2D eigenvalue weighted by Gasteiger charge is 2.35. The zero-order valence-corrected chi connectivity index (χ0v) is 17.4. The first-order valence-electron chi connectivity index (χ1n) is 9.71. The number of hydrogen-bond acceptors (Lipinski definition) is 4. The topological polar surface area (TPSA) is 65.5 Å². The van der Waals surface area contributed by atoms with Gasteiger partial charge in [0.05, 0.1) is 15.6 Å². The third kappa shape index (κ3) is 3.96. The molecule has 1 N–H and O–H groups in total. The summed E-state index contributed by atoms with van der Waals surface area (Å²) in [5.74, 6) is 0.0925. The molecule has 6 nitrogen and oxygen atoms in total. The van der Waals surface area contributed by atoms with E-state index in [1.807, 2.05) is 73.3 Å². The van der Waals surface area contributed by atoms with Gasteiger partial charge in [-0.05, 0) is 31.5 Å². The molecular formula is C22H24N4O2S. The monoisotopic (exact) mass is 408 g/mol. The Morgan fingerprint density at radius 3 is 2.24 bits per heavy atom. The van der Waals surface area contributed by atoms with Crippen LogP contribution in [0.2, 0.25) is 0 Å². The minimum atomic E-state index is -0.591. The molecule has 1 aromatic heterocycles. The molecule has 0 atom stereocenters. The van der Waals surface area contributed by atoms with Crippen molar-refractivity contribution in [3.8, 4) is 0 Å². The summed E-state index contributed by atoms with van der Waals surface area (Å²) in [6.45, 7) is 5.99. The van der Waals surface area contributed by atoms with Gasteiger partial charge >= 0.3 is 6.03 Å². The first kappa shape index (κ1) is 19.4. The number of benzene rings is 2. The molecule has 1 aliphatic heterocycles. The maximum Gasteiger partial charge on any atom is 0.323 e. The van der Waals surface area contributed by atoms with Crippen molar-refractivity contribution in [1.82, 2.24) is 14.8 Å². The van der Waals surface area contributed by atoms with Gasteiger partial charge in [-0.3, -0.25) is 10.1 Å². The molecule has 2 heterocycles. The van der Waals surface area contributed by atoms with E-state index < -0.39 is 5.41 Å². The molecule has 1 fully saturated rings. The smallest absolute Gasteiger partial charge is 0.323 e. The van der Waals surface area contributed by atoms with E-state index in [9.17, 15) is 9.59 Å². The van der Waals surface area contributed by atoms with Gasteiger partial charge in [0.1, 0.15) is 0 Å². The lowest BCUT2D eigenvalue weighted by molar-refractivity contribution is -0.137. The van der Waals surface area contributed by atoms with Crippen LogP contribution in [0.25, 0.3) is 10.2 Å². The highest BCUT2D eigenvalue weighted by Crippen LogP contribution is 2.27. The number of amides is 3. The summed E-state index contributed by atoms with van der Waals surface area (Å²) < 4.78 is 1.04. The van der Waals surface area contributed by atoms with Crippen molar-refractivity contribution < 1.29 is 9.59 Å². The Balaban J connectivity index is 1.36. The molecule has 7 heteroatoms. The summed E-state index contributed by atoms with van der Waals surface area (Å²) in [4.78, 5) is 33.8.